The molecule has 0 saturated carbocycles. The maximum atomic E-state index is 12.7. The summed E-state index contributed by atoms with van der Waals surface area (Å²) in [6.45, 7) is 6.54. The Balaban J connectivity index is 1.69. The number of ether oxygens (including phenoxy) is 2. The number of benzene rings is 1. The van der Waals surface area contributed by atoms with E-state index in [-0.39, 0.29) is 37.0 Å². The maximum Gasteiger partial charge on any atom is 0.339 e. The van der Waals surface area contributed by atoms with Crippen LogP contribution in [0.15, 0.2) is 21.3 Å². The van der Waals surface area contributed by atoms with Crippen molar-refractivity contribution in [2.45, 2.75) is 52.1 Å². The number of carbonyl (C=O) groups is 1. The first kappa shape index (κ1) is 21.8. The van der Waals surface area contributed by atoms with Crippen LogP contribution >= 0.6 is 0 Å². The highest BCUT2D eigenvalue weighted by Crippen LogP contribution is 2.38. The van der Waals surface area contributed by atoms with Gasteiger partial charge in [-0.3, -0.25) is 9.69 Å². The summed E-state index contributed by atoms with van der Waals surface area (Å²) in [5.74, 6) is 0.538. The molecule has 168 valence electrons. The third kappa shape index (κ3) is 4.08. The molecule has 0 amide bonds. The fraction of sp³-hybridized carbons (Fsp3) is 0.545. The number of esters is 1. The van der Waals surface area contributed by atoms with Crippen molar-refractivity contribution in [1.29, 1.82) is 0 Å². The molecule has 0 N–H and O–H groups in total. The van der Waals surface area contributed by atoms with E-state index in [1.807, 2.05) is 30.9 Å². The molecule has 0 unspecified atom stereocenters. The van der Waals surface area contributed by atoms with Crippen molar-refractivity contribution < 1.29 is 27.1 Å². The topological polar surface area (TPSA) is 103 Å². The van der Waals surface area contributed by atoms with Crippen molar-refractivity contribution in [2.75, 3.05) is 24.8 Å². The number of fused-ring (bicyclic) bond motifs is 3. The first-order valence-corrected chi connectivity index (χ1v) is 12.3. The van der Waals surface area contributed by atoms with E-state index >= 15 is 0 Å². The van der Waals surface area contributed by atoms with Crippen LogP contribution in [-0.2, 0) is 32.3 Å². The molecule has 0 aliphatic carbocycles. The highest BCUT2D eigenvalue weighted by atomic mass is 32.2. The summed E-state index contributed by atoms with van der Waals surface area (Å²) in [6, 6.07) is 3.71. The molecular formula is C22H27NO7S. The first-order valence-electron chi connectivity index (χ1n) is 10.5. The molecule has 0 radical (unpaired) electrons. The second kappa shape index (κ2) is 7.94. The number of hydrogen-bond acceptors (Lipinski definition) is 8. The Morgan fingerprint density at radius 2 is 2.10 bits per heavy atom. The number of nitrogens with zero attached hydrogens (tertiary/aromatic N) is 1. The second-order valence-electron chi connectivity index (χ2n) is 8.53. The van der Waals surface area contributed by atoms with E-state index in [1.54, 1.807) is 6.92 Å². The lowest BCUT2D eigenvalue weighted by molar-refractivity contribution is -0.143. The van der Waals surface area contributed by atoms with Crippen LogP contribution in [-0.4, -0.2) is 49.7 Å². The minimum atomic E-state index is -3.07. The maximum absolute atomic E-state index is 12.7. The van der Waals surface area contributed by atoms with Gasteiger partial charge < -0.3 is 13.9 Å². The first-order chi connectivity index (χ1) is 14.6. The van der Waals surface area contributed by atoms with Crippen LogP contribution in [0.5, 0.6) is 5.75 Å². The molecule has 1 aromatic carbocycles. The Morgan fingerprint density at radius 1 is 1.32 bits per heavy atom. The van der Waals surface area contributed by atoms with Crippen LogP contribution in [0.3, 0.4) is 0 Å². The fourth-order valence-corrected chi connectivity index (χ4v) is 6.67. The van der Waals surface area contributed by atoms with E-state index < -0.39 is 21.0 Å². The molecular weight excluding hydrogens is 422 g/mol. The van der Waals surface area contributed by atoms with Crippen LogP contribution in [0.2, 0.25) is 0 Å². The molecule has 1 aromatic heterocycles. The number of hydrogen-bond donors (Lipinski definition) is 0. The Bertz CT molecular complexity index is 1200. The lowest BCUT2D eigenvalue weighted by Gasteiger charge is -2.40. The Hall–Kier alpha value is -2.39. The predicted octanol–water partition coefficient (Wildman–Crippen LogP) is 2.33. The molecule has 2 aliphatic heterocycles. The molecule has 0 bridgehead atoms. The Morgan fingerprint density at radius 3 is 2.77 bits per heavy atom. The molecule has 1 atom stereocenters. The van der Waals surface area contributed by atoms with Crippen LogP contribution < -0.4 is 10.4 Å². The van der Waals surface area contributed by atoms with E-state index in [9.17, 15) is 18.0 Å². The van der Waals surface area contributed by atoms with Gasteiger partial charge in [0.2, 0.25) is 0 Å². The quantitative estimate of drug-likeness (QED) is 0.506. The van der Waals surface area contributed by atoms with Crippen LogP contribution in [0.1, 0.15) is 43.4 Å². The third-order valence-electron chi connectivity index (χ3n) is 6.37. The standard InChI is InChI=1S/C22H27NO7S/c1-4-28-19(24)8-6-16-14(2)15-5-7-18-17(20(15)30-21(16)25)11-23(13-29-18)22(3)9-10-31(26,27)12-22/h5,7H,4,6,8-13H2,1-3H3/t22-/m1/s1. The van der Waals surface area contributed by atoms with Gasteiger partial charge in [0.15, 0.2) is 9.84 Å². The molecule has 31 heavy (non-hydrogen) atoms. The zero-order valence-electron chi connectivity index (χ0n) is 18.0. The molecule has 1 fully saturated rings. The molecule has 3 heterocycles. The summed E-state index contributed by atoms with van der Waals surface area (Å²) < 4.78 is 40.7. The zero-order valence-corrected chi connectivity index (χ0v) is 18.8. The van der Waals surface area contributed by atoms with Crippen molar-refractivity contribution in [3.05, 3.63) is 39.2 Å². The summed E-state index contributed by atoms with van der Waals surface area (Å²) in [5, 5.41) is 0.784. The van der Waals surface area contributed by atoms with E-state index in [0.717, 1.165) is 16.5 Å². The Kier molecular flexibility index (Phi) is 5.59. The largest absolute Gasteiger partial charge is 0.478 e. The summed E-state index contributed by atoms with van der Waals surface area (Å²) in [7, 11) is -3.07. The van der Waals surface area contributed by atoms with E-state index in [4.69, 9.17) is 13.9 Å². The normalized spacial score (nSPS) is 22.8. The van der Waals surface area contributed by atoms with Gasteiger partial charge in [0.05, 0.1) is 23.7 Å². The van der Waals surface area contributed by atoms with Gasteiger partial charge in [-0.25, -0.2) is 13.2 Å². The highest BCUT2D eigenvalue weighted by molar-refractivity contribution is 7.91. The number of sulfone groups is 1. The van der Waals surface area contributed by atoms with Crippen molar-refractivity contribution in [2.24, 2.45) is 0 Å². The van der Waals surface area contributed by atoms with E-state index in [2.05, 4.69) is 0 Å². The van der Waals surface area contributed by atoms with Crippen LogP contribution in [0.25, 0.3) is 11.0 Å². The summed E-state index contributed by atoms with van der Waals surface area (Å²) in [6.07, 6.45) is 0.901. The lowest BCUT2D eigenvalue weighted by atomic mass is 9.96. The van der Waals surface area contributed by atoms with Gasteiger partial charge in [-0.15, -0.1) is 0 Å². The summed E-state index contributed by atoms with van der Waals surface area (Å²) in [4.78, 5) is 26.5. The third-order valence-corrected chi connectivity index (χ3v) is 8.26. The molecule has 9 heteroatoms. The summed E-state index contributed by atoms with van der Waals surface area (Å²) in [5.41, 5.74) is 1.43. The highest BCUT2D eigenvalue weighted by Gasteiger charge is 2.44. The lowest BCUT2D eigenvalue weighted by Crippen LogP contribution is -2.50. The fourth-order valence-electron chi connectivity index (χ4n) is 4.50. The average Bonchev–Trinajstić information content (AvgIpc) is 3.01. The number of aryl methyl sites for hydroxylation is 1. The van der Waals surface area contributed by atoms with Crippen molar-refractivity contribution in [3.63, 3.8) is 0 Å². The van der Waals surface area contributed by atoms with Gasteiger partial charge in [-0.1, -0.05) is 0 Å². The monoisotopic (exact) mass is 449 g/mol. The van der Waals surface area contributed by atoms with Crippen molar-refractivity contribution in [1.82, 2.24) is 4.90 Å². The average molecular weight is 450 g/mol. The molecule has 1 saturated heterocycles. The molecule has 2 aromatic rings. The molecule has 2 aliphatic rings. The smallest absolute Gasteiger partial charge is 0.339 e. The minimum absolute atomic E-state index is 0.0877. The van der Waals surface area contributed by atoms with Gasteiger partial charge >= 0.3 is 11.6 Å². The van der Waals surface area contributed by atoms with Gasteiger partial charge in [0.1, 0.15) is 18.1 Å². The second-order valence-corrected chi connectivity index (χ2v) is 10.7. The van der Waals surface area contributed by atoms with Gasteiger partial charge in [-0.2, -0.15) is 0 Å². The van der Waals surface area contributed by atoms with Gasteiger partial charge in [0, 0.05) is 29.5 Å². The molecule has 8 nitrogen and oxygen atoms in total. The zero-order chi connectivity index (χ0) is 22.4. The molecule has 0 spiro atoms. The predicted molar refractivity (Wildman–Crippen MR) is 115 cm³/mol. The number of rotatable bonds is 5. The molecule has 4 rings (SSSR count). The van der Waals surface area contributed by atoms with Crippen molar-refractivity contribution in [3.8, 4) is 5.75 Å². The summed E-state index contributed by atoms with van der Waals surface area (Å²) >= 11 is 0. The van der Waals surface area contributed by atoms with E-state index in [0.29, 0.717) is 36.5 Å². The number of carbonyl (C=O) groups excluding carboxylic acids is 1. The van der Waals surface area contributed by atoms with Crippen molar-refractivity contribution >= 4 is 26.8 Å². The minimum Gasteiger partial charge on any atom is -0.478 e. The SMILES string of the molecule is CCOC(=O)CCc1c(C)c2ccc3c(c2oc1=O)CN([C@]1(C)CCS(=O)(=O)C1)CO3. The van der Waals surface area contributed by atoms with E-state index in [1.165, 1.54) is 0 Å². The van der Waals surface area contributed by atoms with Crippen LogP contribution in [0.4, 0.5) is 0 Å². The van der Waals surface area contributed by atoms with Gasteiger partial charge in [0.25, 0.3) is 0 Å². The van der Waals surface area contributed by atoms with Gasteiger partial charge in [-0.05, 0) is 51.3 Å². The van der Waals surface area contributed by atoms with Crippen LogP contribution in [0, 0.1) is 6.92 Å². The Labute approximate surface area is 181 Å².